The van der Waals surface area contributed by atoms with Gasteiger partial charge in [0.05, 0.1) is 11.6 Å². The van der Waals surface area contributed by atoms with E-state index in [0.717, 1.165) is 51.6 Å². The molecule has 1 aliphatic heterocycles. The molecule has 0 bridgehead atoms. The Kier molecular flexibility index (Phi) is 4.65. The minimum Gasteiger partial charge on any atom is -0.381 e. The molecule has 1 aromatic heterocycles. The quantitative estimate of drug-likeness (QED) is 0.911. The molecular formula is C20H28FN3O2. The van der Waals surface area contributed by atoms with Crippen molar-refractivity contribution in [2.24, 2.45) is 0 Å². The van der Waals surface area contributed by atoms with E-state index >= 15 is 0 Å². The fourth-order valence-electron chi connectivity index (χ4n) is 4.91. The minimum atomic E-state index is -0.363. The number of ether oxygens (including phenoxy) is 1. The van der Waals surface area contributed by atoms with Crippen LogP contribution in [0.1, 0.15) is 51.5 Å². The maximum Gasteiger partial charge on any atom is 0.326 e. The van der Waals surface area contributed by atoms with Crippen LogP contribution in [0.25, 0.3) is 11.0 Å². The first-order chi connectivity index (χ1) is 12.5. The van der Waals surface area contributed by atoms with Crippen LogP contribution >= 0.6 is 0 Å². The van der Waals surface area contributed by atoms with E-state index in [2.05, 4.69) is 16.8 Å². The fraction of sp³-hybridized carbons (Fsp3) is 0.650. The van der Waals surface area contributed by atoms with Crippen LogP contribution in [0.3, 0.4) is 0 Å². The molecule has 0 atom stereocenters. The Morgan fingerprint density at radius 2 is 1.88 bits per heavy atom. The molecule has 2 aliphatic rings. The maximum absolute atomic E-state index is 14.0. The van der Waals surface area contributed by atoms with E-state index in [9.17, 15) is 9.18 Å². The summed E-state index contributed by atoms with van der Waals surface area (Å²) >= 11 is 0. The van der Waals surface area contributed by atoms with Gasteiger partial charge in [0.15, 0.2) is 0 Å². The first-order valence-electron chi connectivity index (χ1n) is 9.68. The fourth-order valence-corrected chi connectivity index (χ4v) is 4.91. The first-order valence-corrected chi connectivity index (χ1v) is 9.68. The van der Waals surface area contributed by atoms with Crippen molar-refractivity contribution in [3.8, 4) is 0 Å². The Morgan fingerprint density at radius 1 is 1.19 bits per heavy atom. The SMILES string of the molecule is COC1CCC(C)(N2CCC(n3c(=O)[nH]c4c(F)cccc43)CC2)CC1. The summed E-state index contributed by atoms with van der Waals surface area (Å²) in [5.41, 5.74) is 1.04. The number of benzene rings is 1. The summed E-state index contributed by atoms with van der Waals surface area (Å²) in [6.45, 7) is 4.33. The molecular weight excluding hydrogens is 333 g/mol. The molecule has 0 unspecified atom stereocenters. The number of aromatic amines is 1. The van der Waals surface area contributed by atoms with E-state index < -0.39 is 0 Å². The number of hydrogen-bond donors (Lipinski definition) is 1. The van der Waals surface area contributed by atoms with Gasteiger partial charge in [0.1, 0.15) is 11.3 Å². The van der Waals surface area contributed by atoms with Crippen molar-refractivity contribution in [3.05, 3.63) is 34.5 Å². The van der Waals surface area contributed by atoms with Crippen LogP contribution < -0.4 is 5.69 Å². The summed E-state index contributed by atoms with van der Waals surface area (Å²) < 4.78 is 21.2. The van der Waals surface area contributed by atoms with Gasteiger partial charge in [-0.15, -0.1) is 0 Å². The molecule has 2 fully saturated rings. The number of nitrogens with zero attached hydrogens (tertiary/aromatic N) is 2. The lowest BCUT2D eigenvalue weighted by molar-refractivity contribution is -0.0146. The van der Waals surface area contributed by atoms with Crippen molar-refractivity contribution in [1.82, 2.24) is 14.5 Å². The summed E-state index contributed by atoms with van der Waals surface area (Å²) in [4.78, 5) is 17.7. The number of likely N-dealkylation sites (tertiary alicyclic amines) is 1. The average molecular weight is 361 g/mol. The van der Waals surface area contributed by atoms with Crippen LogP contribution in [0, 0.1) is 5.82 Å². The summed E-state index contributed by atoms with van der Waals surface area (Å²) in [7, 11) is 1.81. The van der Waals surface area contributed by atoms with Gasteiger partial charge < -0.3 is 9.72 Å². The molecule has 2 heterocycles. The van der Waals surface area contributed by atoms with Crippen molar-refractivity contribution in [3.63, 3.8) is 0 Å². The van der Waals surface area contributed by atoms with Crippen LogP contribution in [0.2, 0.25) is 0 Å². The number of imidazole rings is 1. The van der Waals surface area contributed by atoms with Crippen LogP contribution in [0.4, 0.5) is 4.39 Å². The molecule has 1 saturated carbocycles. The van der Waals surface area contributed by atoms with Gasteiger partial charge in [-0.2, -0.15) is 0 Å². The number of H-pyrrole nitrogens is 1. The highest BCUT2D eigenvalue weighted by Gasteiger charge is 2.38. The van der Waals surface area contributed by atoms with Crippen molar-refractivity contribution in [2.45, 2.75) is 63.1 Å². The number of hydrogen-bond acceptors (Lipinski definition) is 3. The van der Waals surface area contributed by atoms with Gasteiger partial charge in [-0.3, -0.25) is 9.47 Å². The van der Waals surface area contributed by atoms with Gasteiger partial charge in [0, 0.05) is 31.8 Å². The summed E-state index contributed by atoms with van der Waals surface area (Å²) in [5.74, 6) is -0.363. The third-order valence-corrected chi connectivity index (χ3v) is 6.64. The molecule has 0 radical (unpaired) electrons. The summed E-state index contributed by atoms with van der Waals surface area (Å²) in [6, 6.07) is 5.03. The Balaban J connectivity index is 1.49. The molecule has 4 rings (SSSR count). The van der Waals surface area contributed by atoms with E-state index in [0.29, 0.717) is 17.1 Å². The molecule has 1 aliphatic carbocycles. The second-order valence-corrected chi connectivity index (χ2v) is 8.08. The van der Waals surface area contributed by atoms with E-state index in [-0.39, 0.29) is 23.1 Å². The first kappa shape index (κ1) is 17.7. The van der Waals surface area contributed by atoms with Crippen LogP contribution in [0.5, 0.6) is 0 Å². The molecule has 0 spiro atoms. The number of rotatable bonds is 3. The average Bonchev–Trinajstić information content (AvgIpc) is 3.00. The van der Waals surface area contributed by atoms with E-state index in [1.165, 1.54) is 6.07 Å². The number of aromatic nitrogens is 2. The zero-order valence-corrected chi connectivity index (χ0v) is 15.6. The second kappa shape index (κ2) is 6.82. The monoisotopic (exact) mass is 361 g/mol. The molecule has 6 heteroatoms. The zero-order chi connectivity index (χ0) is 18.3. The second-order valence-electron chi connectivity index (χ2n) is 8.08. The molecule has 2 aromatic rings. The molecule has 1 saturated heterocycles. The number of piperidine rings is 1. The molecule has 5 nitrogen and oxygen atoms in total. The standard InChI is InChI=1S/C20H28FN3O2/c1-20(10-6-15(26-2)7-11-20)23-12-8-14(9-13-23)24-17-5-3-4-16(21)18(17)22-19(24)25/h3-5,14-15H,6-13H2,1-2H3,(H,22,25). The number of methoxy groups -OCH3 is 1. The van der Waals surface area contributed by atoms with Gasteiger partial charge in [-0.1, -0.05) is 6.07 Å². The largest absolute Gasteiger partial charge is 0.381 e. The normalized spacial score (nSPS) is 28.7. The number of nitrogens with one attached hydrogen (secondary N) is 1. The van der Waals surface area contributed by atoms with Crippen molar-refractivity contribution >= 4 is 11.0 Å². The Morgan fingerprint density at radius 3 is 2.54 bits per heavy atom. The lowest BCUT2D eigenvalue weighted by Crippen LogP contribution is -2.52. The molecule has 1 N–H and O–H groups in total. The highest BCUT2D eigenvalue weighted by molar-refractivity contribution is 5.75. The van der Waals surface area contributed by atoms with Crippen LogP contribution in [0.15, 0.2) is 23.0 Å². The molecule has 26 heavy (non-hydrogen) atoms. The molecule has 1 aromatic carbocycles. The number of fused-ring (bicyclic) bond motifs is 1. The maximum atomic E-state index is 14.0. The lowest BCUT2D eigenvalue weighted by Gasteiger charge is -2.48. The van der Waals surface area contributed by atoms with E-state index in [1.54, 1.807) is 17.7 Å². The predicted octanol–water partition coefficient (Wildman–Crippen LogP) is 3.45. The van der Waals surface area contributed by atoms with Gasteiger partial charge in [-0.05, 0) is 57.6 Å². The third kappa shape index (κ3) is 2.99. The van der Waals surface area contributed by atoms with Crippen LogP contribution in [-0.4, -0.2) is 46.3 Å². The highest BCUT2D eigenvalue weighted by Crippen LogP contribution is 2.37. The Hall–Kier alpha value is -1.66. The van der Waals surface area contributed by atoms with Gasteiger partial charge in [-0.25, -0.2) is 9.18 Å². The topological polar surface area (TPSA) is 50.3 Å². The highest BCUT2D eigenvalue weighted by atomic mass is 19.1. The van der Waals surface area contributed by atoms with Gasteiger partial charge >= 0.3 is 5.69 Å². The van der Waals surface area contributed by atoms with Gasteiger partial charge in [0.25, 0.3) is 0 Å². The Labute approximate surface area is 153 Å². The molecule has 142 valence electrons. The minimum absolute atomic E-state index is 0.133. The van der Waals surface area contributed by atoms with Crippen molar-refractivity contribution in [1.29, 1.82) is 0 Å². The predicted molar refractivity (Wildman–Crippen MR) is 100 cm³/mol. The third-order valence-electron chi connectivity index (χ3n) is 6.64. The van der Waals surface area contributed by atoms with Gasteiger partial charge in [0.2, 0.25) is 0 Å². The van der Waals surface area contributed by atoms with E-state index in [1.807, 2.05) is 6.07 Å². The van der Waals surface area contributed by atoms with Crippen molar-refractivity contribution in [2.75, 3.05) is 20.2 Å². The van der Waals surface area contributed by atoms with Crippen molar-refractivity contribution < 1.29 is 9.13 Å². The number of para-hydroxylation sites is 1. The summed E-state index contributed by atoms with van der Waals surface area (Å²) in [6.07, 6.45) is 6.81. The smallest absolute Gasteiger partial charge is 0.326 e. The lowest BCUT2D eigenvalue weighted by atomic mass is 9.79. The summed E-state index contributed by atoms with van der Waals surface area (Å²) in [5, 5.41) is 0. The zero-order valence-electron chi connectivity index (χ0n) is 15.6. The Bertz CT molecular complexity index is 827. The van der Waals surface area contributed by atoms with E-state index in [4.69, 9.17) is 4.74 Å². The van der Waals surface area contributed by atoms with Crippen LogP contribution in [-0.2, 0) is 4.74 Å². The molecule has 0 amide bonds. The number of halogens is 1.